The minimum Gasteiger partial charge on any atom is -0.427 e. The fourth-order valence-electron chi connectivity index (χ4n) is 7.32. The normalized spacial score (nSPS) is 29.6. The molecule has 36 heavy (non-hydrogen) atoms. The molecular weight excluding hydrogens is 462 g/mol. The molecule has 9 heteroatoms. The average Bonchev–Trinajstić information content (AvgIpc) is 3.26. The molecule has 2 atom stereocenters. The van der Waals surface area contributed by atoms with Gasteiger partial charge in [-0.3, -0.25) is 14.9 Å². The van der Waals surface area contributed by atoms with Crippen LogP contribution in [0.4, 0.5) is 10.5 Å². The van der Waals surface area contributed by atoms with Crippen LogP contribution in [0.25, 0.3) is 0 Å². The number of nitro groups is 1. The molecule has 1 heterocycles. The molecular formula is C27H29N3O6. The van der Waals surface area contributed by atoms with Crippen molar-refractivity contribution in [1.29, 1.82) is 0 Å². The highest BCUT2D eigenvalue weighted by Crippen LogP contribution is 2.59. The molecule has 1 amide bonds. The van der Waals surface area contributed by atoms with E-state index >= 15 is 0 Å². The maximum atomic E-state index is 13.0. The third-order valence-electron chi connectivity index (χ3n) is 8.36. The number of fused-ring (bicyclic) bond motifs is 1. The number of amides is 1. The molecule has 4 saturated carbocycles. The van der Waals surface area contributed by atoms with Gasteiger partial charge in [-0.2, -0.15) is 0 Å². The molecule has 4 bridgehead atoms. The predicted molar refractivity (Wildman–Crippen MR) is 129 cm³/mol. The standard InChI is InChI=1S/C27H29N3O6/c31-24(29-15-20-3-1-2-4-21(20)16-29)14-28-26-10-18-9-19(11-26)13-27(12-18,17-26)36-25(32)35-23-7-5-22(6-8-23)30(33)34/h1-8,18-19,28H,9-17H2. The molecule has 4 aliphatic carbocycles. The lowest BCUT2D eigenvalue weighted by Gasteiger charge is -2.61. The van der Waals surface area contributed by atoms with Gasteiger partial charge >= 0.3 is 6.16 Å². The van der Waals surface area contributed by atoms with Crippen LogP contribution < -0.4 is 10.1 Å². The van der Waals surface area contributed by atoms with Crippen LogP contribution in [-0.4, -0.2) is 39.6 Å². The van der Waals surface area contributed by atoms with E-state index in [2.05, 4.69) is 17.4 Å². The number of hydrogen-bond donors (Lipinski definition) is 1. The third kappa shape index (κ3) is 4.32. The van der Waals surface area contributed by atoms with Crippen molar-refractivity contribution in [3.8, 4) is 5.75 Å². The first-order valence-electron chi connectivity index (χ1n) is 12.6. The zero-order valence-corrected chi connectivity index (χ0v) is 20.0. The summed E-state index contributed by atoms with van der Waals surface area (Å²) in [5, 5.41) is 14.5. The molecule has 2 unspecified atom stereocenters. The Balaban J connectivity index is 1.09. The summed E-state index contributed by atoms with van der Waals surface area (Å²) in [6.45, 7) is 1.57. The first-order chi connectivity index (χ1) is 17.3. The van der Waals surface area contributed by atoms with Crippen LogP contribution in [0.3, 0.4) is 0 Å². The number of carbonyl (C=O) groups excluding carboxylic acids is 2. The van der Waals surface area contributed by atoms with Gasteiger partial charge in [-0.15, -0.1) is 0 Å². The van der Waals surface area contributed by atoms with E-state index in [9.17, 15) is 19.7 Å². The molecule has 0 radical (unpaired) electrons. The van der Waals surface area contributed by atoms with E-state index in [1.54, 1.807) is 0 Å². The van der Waals surface area contributed by atoms with Gasteiger partial charge in [0.15, 0.2) is 0 Å². The highest BCUT2D eigenvalue weighted by atomic mass is 16.7. The Hall–Kier alpha value is -3.46. The maximum Gasteiger partial charge on any atom is 0.514 e. The van der Waals surface area contributed by atoms with E-state index in [-0.39, 0.29) is 29.4 Å². The van der Waals surface area contributed by atoms with E-state index in [1.165, 1.54) is 35.4 Å². The highest BCUT2D eigenvalue weighted by molar-refractivity contribution is 5.79. The second kappa shape index (κ2) is 8.58. The summed E-state index contributed by atoms with van der Waals surface area (Å²) in [5.74, 6) is 1.18. The van der Waals surface area contributed by atoms with Crippen molar-refractivity contribution in [1.82, 2.24) is 10.2 Å². The van der Waals surface area contributed by atoms with Gasteiger partial charge in [0.25, 0.3) is 5.69 Å². The lowest BCUT2D eigenvalue weighted by molar-refractivity contribution is -0.384. The number of carbonyl (C=O) groups is 2. The summed E-state index contributed by atoms with van der Waals surface area (Å²) in [4.78, 5) is 38.0. The van der Waals surface area contributed by atoms with Crippen LogP contribution in [0.1, 0.15) is 49.7 Å². The number of benzene rings is 2. The van der Waals surface area contributed by atoms with E-state index in [0.29, 0.717) is 31.3 Å². The number of hydrogen-bond acceptors (Lipinski definition) is 7. The lowest BCUT2D eigenvalue weighted by Crippen LogP contribution is -2.66. The number of nitro benzene ring substituents is 1. The summed E-state index contributed by atoms with van der Waals surface area (Å²) >= 11 is 0. The summed E-state index contributed by atoms with van der Waals surface area (Å²) in [5.41, 5.74) is 1.51. The van der Waals surface area contributed by atoms with Crippen LogP contribution in [0, 0.1) is 22.0 Å². The molecule has 1 N–H and O–H groups in total. The van der Waals surface area contributed by atoms with E-state index in [0.717, 1.165) is 32.1 Å². The summed E-state index contributed by atoms with van der Waals surface area (Å²) in [6.07, 6.45) is 4.58. The first-order valence-corrected chi connectivity index (χ1v) is 12.6. The van der Waals surface area contributed by atoms with Gasteiger partial charge in [-0.05, 0) is 67.2 Å². The number of nitrogens with one attached hydrogen (secondary N) is 1. The Kier molecular flexibility index (Phi) is 5.48. The smallest absolute Gasteiger partial charge is 0.427 e. The van der Waals surface area contributed by atoms with E-state index in [4.69, 9.17) is 9.47 Å². The Labute approximate surface area is 208 Å². The summed E-state index contributed by atoms with van der Waals surface area (Å²) in [7, 11) is 0. The lowest BCUT2D eigenvalue weighted by atomic mass is 9.51. The van der Waals surface area contributed by atoms with Crippen molar-refractivity contribution in [2.45, 2.75) is 62.8 Å². The number of nitrogens with zero attached hydrogens (tertiary/aromatic N) is 2. The largest absolute Gasteiger partial charge is 0.514 e. The van der Waals surface area contributed by atoms with Gasteiger partial charge in [0, 0.05) is 37.2 Å². The van der Waals surface area contributed by atoms with E-state index < -0.39 is 16.7 Å². The van der Waals surface area contributed by atoms with E-state index in [1.807, 2.05) is 17.0 Å². The SMILES string of the molecule is O=C(Oc1ccc([N+](=O)[O-])cc1)OC12CC3CC(CC(NCC(=O)N4Cc5ccccc5C4)(C3)C1)C2. The molecule has 2 aromatic rings. The fourth-order valence-corrected chi connectivity index (χ4v) is 7.32. The number of rotatable bonds is 6. The molecule has 5 aliphatic rings. The molecule has 9 nitrogen and oxygen atoms in total. The number of non-ortho nitro benzene ring substituents is 1. The van der Waals surface area contributed by atoms with Crippen LogP contribution in [0.2, 0.25) is 0 Å². The number of ether oxygens (including phenoxy) is 2. The zero-order chi connectivity index (χ0) is 24.9. The second-order valence-corrected chi connectivity index (χ2v) is 11.0. The van der Waals surface area contributed by atoms with Crippen LogP contribution in [0.15, 0.2) is 48.5 Å². The van der Waals surface area contributed by atoms with Crippen molar-refractivity contribution in [2.75, 3.05) is 6.54 Å². The van der Waals surface area contributed by atoms with Gasteiger partial charge in [-0.25, -0.2) is 4.79 Å². The quantitative estimate of drug-likeness (QED) is 0.277. The molecule has 0 spiro atoms. The monoisotopic (exact) mass is 491 g/mol. The van der Waals surface area contributed by atoms with Gasteiger partial charge in [0.05, 0.1) is 11.5 Å². The zero-order valence-electron chi connectivity index (χ0n) is 20.0. The molecule has 2 aromatic carbocycles. The minimum absolute atomic E-state index is 0.0721. The Bertz CT molecular complexity index is 1170. The van der Waals surface area contributed by atoms with Crippen LogP contribution >= 0.6 is 0 Å². The van der Waals surface area contributed by atoms with Gasteiger partial charge in [0.1, 0.15) is 11.4 Å². The topological polar surface area (TPSA) is 111 Å². The summed E-state index contributed by atoms with van der Waals surface area (Å²) in [6, 6.07) is 13.5. The minimum atomic E-state index is -0.785. The van der Waals surface area contributed by atoms with Crippen molar-refractivity contribution < 1.29 is 24.0 Å². The third-order valence-corrected chi connectivity index (χ3v) is 8.36. The Morgan fingerprint density at radius 1 is 1.00 bits per heavy atom. The van der Waals surface area contributed by atoms with Crippen LogP contribution in [-0.2, 0) is 22.6 Å². The molecule has 0 aromatic heterocycles. The summed E-state index contributed by atoms with van der Waals surface area (Å²) < 4.78 is 11.3. The van der Waals surface area contributed by atoms with Crippen molar-refractivity contribution in [3.63, 3.8) is 0 Å². The van der Waals surface area contributed by atoms with Crippen molar-refractivity contribution in [2.24, 2.45) is 11.8 Å². The van der Waals surface area contributed by atoms with Gasteiger partial charge in [-0.1, -0.05) is 24.3 Å². The second-order valence-electron chi connectivity index (χ2n) is 11.0. The van der Waals surface area contributed by atoms with Crippen LogP contribution in [0.5, 0.6) is 5.75 Å². The first kappa shape index (κ1) is 23.0. The molecule has 7 rings (SSSR count). The van der Waals surface area contributed by atoms with Gasteiger partial charge in [0.2, 0.25) is 5.91 Å². The molecule has 4 fully saturated rings. The Morgan fingerprint density at radius 2 is 1.64 bits per heavy atom. The predicted octanol–water partition coefficient (Wildman–Crippen LogP) is 4.33. The van der Waals surface area contributed by atoms with Crippen molar-refractivity contribution in [3.05, 3.63) is 69.8 Å². The van der Waals surface area contributed by atoms with Gasteiger partial charge < -0.3 is 19.7 Å². The van der Waals surface area contributed by atoms with Crippen molar-refractivity contribution >= 4 is 17.7 Å². The molecule has 0 saturated heterocycles. The maximum absolute atomic E-state index is 13.0. The Morgan fingerprint density at radius 3 is 2.25 bits per heavy atom. The fraction of sp³-hybridized carbons (Fsp3) is 0.481. The molecule has 188 valence electrons. The molecule has 1 aliphatic heterocycles. The highest BCUT2D eigenvalue weighted by Gasteiger charge is 2.60. The average molecular weight is 492 g/mol.